The molecule has 0 atom stereocenters. The highest BCUT2D eigenvalue weighted by molar-refractivity contribution is 7.92. The molecule has 8 nitrogen and oxygen atoms in total. The van der Waals surface area contributed by atoms with Crippen molar-refractivity contribution < 1.29 is 26.3 Å². The van der Waals surface area contributed by atoms with Crippen LogP contribution >= 0.6 is 0 Å². The summed E-state index contributed by atoms with van der Waals surface area (Å²) in [6, 6.07) is 10.0. The van der Waals surface area contributed by atoms with Crippen molar-refractivity contribution in [3.8, 4) is 11.5 Å². The maximum absolute atomic E-state index is 12.3. The van der Waals surface area contributed by atoms with Crippen LogP contribution in [0, 0.1) is 6.92 Å². The van der Waals surface area contributed by atoms with Crippen LogP contribution in [0.25, 0.3) is 0 Å². The molecule has 134 valence electrons. The molecule has 0 aromatic heterocycles. The van der Waals surface area contributed by atoms with Gasteiger partial charge in [-0.2, -0.15) is 0 Å². The van der Waals surface area contributed by atoms with Crippen molar-refractivity contribution in [1.82, 2.24) is 9.66 Å². The lowest BCUT2D eigenvalue weighted by Crippen LogP contribution is -2.41. The van der Waals surface area contributed by atoms with Crippen LogP contribution in [0.3, 0.4) is 0 Å². The third-order valence-corrected chi connectivity index (χ3v) is 6.10. The van der Waals surface area contributed by atoms with E-state index in [9.17, 15) is 16.8 Å². The SMILES string of the molecule is Cc1ccc(S(=O)(=O)NNS(=O)(=O)c2ccc3c(c2)OCCO3)cc1. The molecule has 2 N–H and O–H groups in total. The average molecular weight is 384 g/mol. The third-order valence-electron chi connectivity index (χ3n) is 3.47. The van der Waals surface area contributed by atoms with E-state index >= 15 is 0 Å². The monoisotopic (exact) mass is 384 g/mol. The molecule has 1 heterocycles. The topological polar surface area (TPSA) is 111 Å². The van der Waals surface area contributed by atoms with Gasteiger partial charge in [0, 0.05) is 6.07 Å². The van der Waals surface area contributed by atoms with Crippen molar-refractivity contribution in [2.24, 2.45) is 0 Å². The minimum Gasteiger partial charge on any atom is -0.486 e. The molecule has 1 aliphatic rings. The van der Waals surface area contributed by atoms with E-state index in [0.717, 1.165) is 5.56 Å². The molecule has 0 unspecified atom stereocenters. The van der Waals surface area contributed by atoms with Crippen LogP contribution in [0.5, 0.6) is 11.5 Å². The summed E-state index contributed by atoms with van der Waals surface area (Å²) in [5.41, 5.74) is 0.885. The molecule has 0 radical (unpaired) electrons. The summed E-state index contributed by atoms with van der Waals surface area (Å²) < 4.78 is 59.6. The number of fused-ring (bicyclic) bond motifs is 1. The van der Waals surface area contributed by atoms with Gasteiger partial charge in [-0.05, 0) is 31.2 Å². The van der Waals surface area contributed by atoms with Crippen molar-refractivity contribution in [3.63, 3.8) is 0 Å². The Morgan fingerprint density at radius 1 is 0.760 bits per heavy atom. The van der Waals surface area contributed by atoms with Crippen molar-refractivity contribution in [2.75, 3.05) is 13.2 Å². The number of rotatable bonds is 5. The molecular formula is C15H16N2O6S2. The van der Waals surface area contributed by atoms with E-state index < -0.39 is 20.0 Å². The molecule has 0 fully saturated rings. The van der Waals surface area contributed by atoms with E-state index in [0.29, 0.717) is 19.0 Å². The fraction of sp³-hybridized carbons (Fsp3) is 0.200. The zero-order valence-corrected chi connectivity index (χ0v) is 14.9. The Balaban J connectivity index is 1.78. The Bertz CT molecular complexity index is 985. The fourth-order valence-corrected chi connectivity index (χ4v) is 4.25. The first-order chi connectivity index (χ1) is 11.8. The number of aryl methyl sites for hydroxylation is 1. The predicted octanol–water partition coefficient (Wildman–Crippen LogP) is 0.938. The molecule has 3 rings (SSSR count). The Morgan fingerprint density at radius 3 is 1.92 bits per heavy atom. The van der Waals surface area contributed by atoms with Gasteiger partial charge in [0.05, 0.1) is 9.79 Å². The molecule has 25 heavy (non-hydrogen) atoms. The van der Waals surface area contributed by atoms with Crippen LogP contribution in [-0.4, -0.2) is 30.0 Å². The average Bonchev–Trinajstić information content (AvgIpc) is 2.60. The number of sulfonamides is 2. The predicted molar refractivity (Wildman–Crippen MR) is 89.3 cm³/mol. The van der Waals surface area contributed by atoms with E-state index in [1.54, 1.807) is 12.1 Å². The molecule has 0 amide bonds. The van der Waals surface area contributed by atoms with Crippen molar-refractivity contribution >= 4 is 20.0 Å². The largest absolute Gasteiger partial charge is 0.486 e. The minimum absolute atomic E-state index is 0.0528. The summed E-state index contributed by atoms with van der Waals surface area (Å²) >= 11 is 0. The summed E-state index contributed by atoms with van der Waals surface area (Å²) in [6.45, 7) is 2.51. The molecule has 0 aliphatic carbocycles. The fourth-order valence-electron chi connectivity index (χ4n) is 2.14. The first kappa shape index (κ1) is 17.7. The molecule has 0 saturated carbocycles. The number of nitrogens with one attached hydrogen (secondary N) is 2. The van der Waals surface area contributed by atoms with Crippen LogP contribution in [0.4, 0.5) is 0 Å². The van der Waals surface area contributed by atoms with Gasteiger partial charge in [-0.1, -0.05) is 17.7 Å². The smallest absolute Gasteiger partial charge is 0.254 e. The maximum atomic E-state index is 12.3. The molecule has 1 aliphatic heterocycles. The summed E-state index contributed by atoms with van der Waals surface area (Å²) in [5.74, 6) is 0.723. The van der Waals surface area contributed by atoms with Crippen LogP contribution in [0.2, 0.25) is 0 Å². The molecule has 2 aromatic rings. The van der Waals surface area contributed by atoms with Crippen LogP contribution in [0.1, 0.15) is 5.56 Å². The standard InChI is InChI=1S/C15H16N2O6S2/c1-11-2-4-12(5-3-11)24(18,19)16-17-25(20,21)13-6-7-14-15(10-13)23-9-8-22-14/h2-7,10,16-17H,8-9H2,1H3. The van der Waals surface area contributed by atoms with E-state index in [1.807, 2.05) is 16.6 Å². The molecule has 0 bridgehead atoms. The quantitative estimate of drug-likeness (QED) is 0.742. The Morgan fingerprint density at radius 2 is 1.28 bits per heavy atom. The highest BCUT2D eigenvalue weighted by Crippen LogP contribution is 2.32. The van der Waals surface area contributed by atoms with E-state index in [-0.39, 0.29) is 15.5 Å². The minimum atomic E-state index is -4.12. The Kier molecular flexibility index (Phi) is 4.69. The van der Waals surface area contributed by atoms with E-state index in [2.05, 4.69) is 0 Å². The summed E-state index contributed by atoms with van der Waals surface area (Å²) in [5, 5.41) is 0. The normalized spacial score (nSPS) is 14.3. The lowest BCUT2D eigenvalue weighted by molar-refractivity contribution is 0.171. The van der Waals surface area contributed by atoms with Crippen LogP contribution in [0.15, 0.2) is 52.3 Å². The van der Waals surface area contributed by atoms with Gasteiger partial charge in [-0.3, -0.25) is 0 Å². The number of hydrazine groups is 1. The first-order valence-corrected chi connectivity index (χ1v) is 10.2. The number of hydrogen-bond acceptors (Lipinski definition) is 6. The highest BCUT2D eigenvalue weighted by atomic mass is 32.2. The Labute approximate surface area is 145 Å². The third kappa shape index (κ3) is 3.93. The van der Waals surface area contributed by atoms with Crippen molar-refractivity contribution in [1.29, 1.82) is 0 Å². The second-order valence-corrected chi connectivity index (χ2v) is 8.69. The lowest BCUT2D eigenvalue weighted by atomic mass is 10.2. The number of benzene rings is 2. The van der Waals surface area contributed by atoms with Crippen LogP contribution < -0.4 is 19.1 Å². The van der Waals surface area contributed by atoms with Gasteiger partial charge in [-0.15, -0.1) is 9.66 Å². The molecule has 10 heteroatoms. The second kappa shape index (κ2) is 6.64. The maximum Gasteiger partial charge on any atom is 0.254 e. The Hall–Kier alpha value is -2.14. The zero-order valence-electron chi connectivity index (χ0n) is 13.2. The van der Waals surface area contributed by atoms with Gasteiger partial charge in [0.1, 0.15) is 13.2 Å². The highest BCUT2D eigenvalue weighted by Gasteiger charge is 2.22. The summed E-state index contributed by atoms with van der Waals surface area (Å²) in [6.07, 6.45) is 0. The van der Waals surface area contributed by atoms with E-state index in [4.69, 9.17) is 9.47 Å². The summed E-state index contributed by atoms with van der Waals surface area (Å²) in [7, 11) is -8.15. The number of hydrogen-bond donors (Lipinski definition) is 2. The summed E-state index contributed by atoms with van der Waals surface area (Å²) in [4.78, 5) is 3.55. The lowest BCUT2D eigenvalue weighted by Gasteiger charge is -2.19. The first-order valence-electron chi connectivity index (χ1n) is 7.28. The van der Waals surface area contributed by atoms with Gasteiger partial charge < -0.3 is 9.47 Å². The molecule has 0 spiro atoms. The van der Waals surface area contributed by atoms with Gasteiger partial charge in [0.2, 0.25) is 0 Å². The molecular weight excluding hydrogens is 368 g/mol. The van der Waals surface area contributed by atoms with Gasteiger partial charge in [0.25, 0.3) is 20.0 Å². The van der Waals surface area contributed by atoms with E-state index in [1.165, 1.54) is 30.3 Å². The van der Waals surface area contributed by atoms with Gasteiger partial charge in [0.15, 0.2) is 11.5 Å². The number of ether oxygens (including phenoxy) is 2. The second-order valence-electron chi connectivity index (χ2n) is 5.33. The molecule has 0 saturated heterocycles. The zero-order chi connectivity index (χ0) is 18.1. The van der Waals surface area contributed by atoms with Gasteiger partial charge >= 0.3 is 0 Å². The van der Waals surface area contributed by atoms with Crippen molar-refractivity contribution in [2.45, 2.75) is 16.7 Å². The molecule has 2 aromatic carbocycles. The van der Waals surface area contributed by atoms with Gasteiger partial charge in [-0.25, -0.2) is 16.8 Å². The van der Waals surface area contributed by atoms with Crippen molar-refractivity contribution in [3.05, 3.63) is 48.0 Å². The van der Waals surface area contributed by atoms with Crippen LogP contribution in [-0.2, 0) is 20.0 Å².